The number of amides is 2. The lowest BCUT2D eigenvalue weighted by molar-refractivity contribution is -0.111. The van der Waals surface area contributed by atoms with E-state index in [-0.39, 0.29) is 11.8 Å². The first-order valence-corrected chi connectivity index (χ1v) is 10.8. The molecule has 2 amide bonds. The van der Waals surface area contributed by atoms with Crippen LogP contribution in [-0.4, -0.2) is 24.1 Å². The molecule has 0 saturated carbocycles. The quantitative estimate of drug-likeness (QED) is 0.269. The average molecular weight is 442 g/mol. The molecule has 6 heteroatoms. The lowest BCUT2D eigenvalue weighted by Crippen LogP contribution is -2.19. The Morgan fingerprint density at radius 3 is 2.24 bits per heavy atom. The Labute approximate surface area is 194 Å². The van der Waals surface area contributed by atoms with Gasteiger partial charge in [0.2, 0.25) is 5.91 Å². The molecule has 6 nitrogen and oxygen atoms in total. The van der Waals surface area contributed by atoms with Crippen LogP contribution in [0.5, 0.6) is 5.75 Å². The van der Waals surface area contributed by atoms with Gasteiger partial charge in [0.1, 0.15) is 5.75 Å². The summed E-state index contributed by atoms with van der Waals surface area (Å²) in [6.07, 6.45) is 4.18. The fourth-order valence-electron chi connectivity index (χ4n) is 2.90. The number of carbonyl (C=O) groups excluding carboxylic acids is 2. The predicted octanol–water partition coefficient (Wildman–Crippen LogP) is 5.28. The first kappa shape index (κ1) is 23.5. The summed E-state index contributed by atoms with van der Waals surface area (Å²) in [5.74, 6) is 0.219. The largest absolute Gasteiger partial charge is 0.494 e. The van der Waals surface area contributed by atoms with E-state index in [1.54, 1.807) is 49.4 Å². The van der Waals surface area contributed by atoms with Crippen LogP contribution in [-0.2, 0) is 4.79 Å². The molecule has 0 fully saturated rings. The van der Waals surface area contributed by atoms with E-state index in [9.17, 15) is 9.59 Å². The summed E-state index contributed by atoms with van der Waals surface area (Å²) >= 11 is 0. The van der Waals surface area contributed by atoms with Gasteiger partial charge in [0.15, 0.2) is 0 Å². The maximum Gasteiger partial charge on any atom is 0.271 e. The molecule has 0 aliphatic heterocycles. The van der Waals surface area contributed by atoms with Crippen molar-refractivity contribution < 1.29 is 14.3 Å². The summed E-state index contributed by atoms with van der Waals surface area (Å²) in [7, 11) is 0. The molecule has 2 N–H and O–H groups in total. The van der Waals surface area contributed by atoms with Crippen LogP contribution in [0.4, 0.5) is 5.69 Å². The van der Waals surface area contributed by atoms with E-state index in [0.717, 1.165) is 23.3 Å². The predicted molar refractivity (Wildman–Crippen MR) is 132 cm³/mol. The minimum atomic E-state index is -0.300. The summed E-state index contributed by atoms with van der Waals surface area (Å²) in [5, 5.41) is 7.01. The number of hydrogen-bond acceptors (Lipinski definition) is 4. The molecule has 33 heavy (non-hydrogen) atoms. The molecular formula is C27H27N3O3. The maximum atomic E-state index is 12.3. The van der Waals surface area contributed by atoms with E-state index in [1.807, 2.05) is 49.4 Å². The number of nitrogens with zero attached hydrogens (tertiary/aromatic N) is 1. The van der Waals surface area contributed by atoms with E-state index in [0.29, 0.717) is 23.6 Å². The number of hydrazone groups is 1. The molecule has 0 atom stereocenters. The molecule has 0 heterocycles. The van der Waals surface area contributed by atoms with Crippen LogP contribution in [0.3, 0.4) is 0 Å². The third-order valence-electron chi connectivity index (χ3n) is 4.71. The first-order chi connectivity index (χ1) is 16.0. The van der Waals surface area contributed by atoms with Crippen molar-refractivity contribution in [3.63, 3.8) is 0 Å². The maximum absolute atomic E-state index is 12.3. The lowest BCUT2D eigenvalue weighted by Gasteiger charge is -2.07. The molecule has 0 radical (unpaired) electrons. The number of anilines is 1. The van der Waals surface area contributed by atoms with Gasteiger partial charge in [-0.1, -0.05) is 49.4 Å². The molecule has 3 aromatic carbocycles. The van der Waals surface area contributed by atoms with Gasteiger partial charge in [-0.25, -0.2) is 5.43 Å². The number of nitrogens with one attached hydrogen (secondary N) is 2. The molecule has 3 aromatic rings. The van der Waals surface area contributed by atoms with Crippen LogP contribution in [0, 0.1) is 0 Å². The molecule has 0 bridgehead atoms. The van der Waals surface area contributed by atoms with Crippen LogP contribution in [0.2, 0.25) is 0 Å². The standard InChI is InChI=1S/C27H27N3O3/c1-3-19-33-25-16-12-23(13-17-25)27(32)30-29-20(2)22-10-14-24(15-11-22)28-26(31)18-9-21-7-5-4-6-8-21/h4-18H,3,19H2,1-2H3,(H,28,31)(H,30,32)/b18-9+,29-20-. The topological polar surface area (TPSA) is 79.8 Å². The monoisotopic (exact) mass is 441 g/mol. The molecule has 0 saturated heterocycles. The van der Waals surface area contributed by atoms with E-state index in [1.165, 1.54) is 6.08 Å². The number of ether oxygens (including phenoxy) is 1. The van der Waals surface area contributed by atoms with Crippen LogP contribution < -0.4 is 15.5 Å². The lowest BCUT2D eigenvalue weighted by atomic mass is 10.1. The van der Waals surface area contributed by atoms with Gasteiger partial charge in [-0.05, 0) is 66.9 Å². The number of rotatable bonds is 9. The third-order valence-corrected chi connectivity index (χ3v) is 4.71. The molecule has 3 rings (SSSR count). The zero-order valence-electron chi connectivity index (χ0n) is 18.7. The second kappa shape index (κ2) is 12.0. The SMILES string of the molecule is CCCOc1ccc(C(=O)N/N=C(/C)c2ccc(NC(=O)/C=C/c3ccccc3)cc2)cc1. The summed E-state index contributed by atoms with van der Waals surface area (Å²) in [6, 6.07) is 23.8. The van der Waals surface area contributed by atoms with Crippen LogP contribution in [0.25, 0.3) is 6.08 Å². The normalized spacial score (nSPS) is 11.3. The smallest absolute Gasteiger partial charge is 0.271 e. The fourth-order valence-corrected chi connectivity index (χ4v) is 2.90. The molecular weight excluding hydrogens is 414 g/mol. The van der Waals surface area contributed by atoms with Crippen molar-refractivity contribution in [2.75, 3.05) is 11.9 Å². The van der Waals surface area contributed by atoms with Crippen molar-refractivity contribution in [3.05, 3.63) is 102 Å². The summed E-state index contributed by atoms with van der Waals surface area (Å²) < 4.78 is 5.52. The molecule has 0 aliphatic rings. The van der Waals surface area contributed by atoms with Gasteiger partial charge in [0, 0.05) is 17.3 Å². The van der Waals surface area contributed by atoms with E-state index < -0.39 is 0 Å². The van der Waals surface area contributed by atoms with Crippen LogP contribution >= 0.6 is 0 Å². The van der Waals surface area contributed by atoms with Crippen molar-refractivity contribution >= 4 is 29.3 Å². The molecule has 0 spiro atoms. The number of carbonyl (C=O) groups is 2. The zero-order valence-corrected chi connectivity index (χ0v) is 18.7. The molecule has 0 aromatic heterocycles. The summed E-state index contributed by atoms with van der Waals surface area (Å²) in [6.45, 7) is 4.48. The Morgan fingerprint density at radius 2 is 1.58 bits per heavy atom. The Kier molecular flexibility index (Phi) is 8.54. The Balaban J connectivity index is 1.53. The summed E-state index contributed by atoms with van der Waals surface area (Å²) in [5.41, 5.74) is 6.17. The Hall–Kier alpha value is -4.19. The van der Waals surface area contributed by atoms with Gasteiger partial charge in [0.25, 0.3) is 5.91 Å². The minimum absolute atomic E-state index is 0.213. The minimum Gasteiger partial charge on any atom is -0.494 e. The first-order valence-electron chi connectivity index (χ1n) is 10.8. The Bertz CT molecular complexity index is 1120. The molecule has 0 unspecified atom stereocenters. The van der Waals surface area contributed by atoms with E-state index in [2.05, 4.69) is 15.8 Å². The van der Waals surface area contributed by atoms with E-state index in [4.69, 9.17) is 4.74 Å². The van der Waals surface area contributed by atoms with Gasteiger partial charge in [-0.2, -0.15) is 5.10 Å². The summed E-state index contributed by atoms with van der Waals surface area (Å²) in [4.78, 5) is 24.4. The van der Waals surface area contributed by atoms with Crippen molar-refractivity contribution in [2.45, 2.75) is 20.3 Å². The van der Waals surface area contributed by atoms with E-state index >= 15 is 0 Å². The van der Waals surface area contributed by atoms with Gasteiger partial charge in [0.05, 0.1) is 12.3 Å². The third kappa shape index (κ3) is 7.47. The highest BCUT2D eigenvalue weighted by Crippen LogP contribution is 2.13. The number of benzene rings is 3. The zero-order chi connectivity index (χ0) is 23.5. The highest BCUT2D eigenvalue weighted by atomic mass is 16.5. The van der Waals surface area contributed by atoms with Gasteiger partial charge < -0.3 is 10.1 Å². The average Bonchev–Trinajstić information content (AvgIpc) is 2.86. The fraction of sp³-hybridized carbons (Fsp3) is 0.148. The molecule has 0 aliphatic carbocycles. The highest BCUT2D eigenvalue weighted by molar-refractivity contribution is 6.03. The second-order valence-electron chi connectivity index (χ2n) is 7.32. The van der Waals surface area contributed by atoms with Gasteiger partial charge in [-0.15, -0.1) is 0 Å². The van der Waals surface area contributed by atoms with Crippen molar-refractivity contribution in [2.24, 2.45) is 5.10 Å². The van der Waals surface area contributed by atoms with Crippen molar-refractivity contribution in [1.29, 1.82) is 0 Å². The number of hydrogen-bond donors (Lipinski definition) is 2. The van der Waals surface area contributed by atoms with Crippen LogP contribution in [0.15, 0.2) is 90.0 Å². The van der Waals surface area contributed by atoms with Gasteiger partial charge in [-0.3, -0.25) is 9.59 Å². The highest BCUT2D eigenvalue weighted by Gasteiger charge is 2.06. The molecule has 168 valence electrons. The Morgan fingerprint density at radius 1 is 0.909 bits per heavy atom. The van der Waals surface area contributed by atoms with Crippen molar-refractivity contribution in [3.8, 4) is 5.75 Å². The second-order valence-corrected chi connectivity index (χ2v) is 7.32. The van der Waals surface area contributed by atoms with Crippen molar-refractivity contribution in [1.82, 2.24) is 5.43 Å². The van der Waals surface area contributed by atoms with Crippen LogP contribution in [0.1, 0.15) is 41.8 Å². The van der Waals surface area contributed by atoms with Gasteiger partial charge >= 0.3 is 0 Å².